The molecule has 1 aliphatic rings. The Morgan fingerprint density at radius 1 is 1.07 bits per heavy atom. The topological polar surface area (TPSA) is 90.6 Å². The Morgan fingerprint density at radius 3 is 2.24 bits per heavy atom. The Bertz CT molecular complexity index is 1090. The number of carbonyl (C=O) groups is 2. The fourth-order valence-electron chi connectivity index (χ4n) is 3.60. The van der Waals surface area contributed by atoms with Crippen LogP contribution in [0, 0.1) is 13.8 Å². The Hall–Kier alpha value is -1.87. The summed E-state index contributed by atoms with van der Waals surface area (Å²) in [5.74, 6) is -0.361. The molecule has 0 bridgehead atoms. The molecule has 1 saturated heterocycles. The standard InChI is InChI=1S/C19H21Cl2N3O4S/c1-11-16(13(3)25)12(2)22-18(11)19(26)23-7-9-24(10-8-23)29(27,28)15-6-4-5-14(20)17(15)21/h4-6,22H,7-10H2,1-3H3. The molecule has 156 valence electrons. The highest BCUT2D eigenvalue weighted by Gasteiger charge is 2.33. The van der Waals surface area contributed by atoms with Crippen LogP contribution in [0.3, 0.4) is 0 Å². The van der Waals surface area contributed by atoms with Gasteiger partial charge in [0, 0.05) is 37.4 Å². The number of aryl methyl sites for hydroxylation is 1. The number of amides is 1. The molecular formula is C19H21Cl2N3O4S. The van der Waals surface area contributed by atoms with Crippen LogP contribution in [-0.4, -0.2) is 60.5 Å². The van der Waals surface area contributed by atoms with Crippen LogP contribution in [-0.2, 0) is 10.0 Å². The summed E-state index contributed by atoms with van der Waals surface area (Å²) in [4.78, 5) is 29.2. The number of H-pyrrole nitrogens is 1. The van der Waals surface area contributed by atoms with E-state index in [1.54, 1.807) is 18.7 Å². The number of Topliss-reactive ketones (excluding diaryl/α,β-unsaturated/α-hetero) is 1. The van der Waals surface area contributed by atoms with Crippen LogP contribution in [0.1, 0.15) is 39.0 Å². The maximum absolute atomic E-state index is 12.9. The van der Waals surface area contributed by atoms with Gasteiger partial charge >= 0.3 is 0 Å². The molecule has 1 aromatic carbocycles. The van der Waals surface area contributed by atoms with Gasteiger partial charge in [0.15, 0.2) is 5.78 Å². The molecule has 0 spiro atoms. The summed E-state index contributed by atoms with van der Waals surface area (Å²) in [5, 5.41) is 0.155. The van der Waals surface area contributed by atoms with Crippen LogP contribution in [0.5, 0.6) is 0 Å². The molecule has 1 N–H and O–H groups in total. The summed E-state index contributed by atoms with van der Waals surface area (Å²) in [6.45, 7) is 5.66. The first-order valence-corrected chi connectivity index (χ1v) is 11.2. The number of halogens is 2. The highest BCUT2D eigenvalue weighted by molar-refractivity contribution is 7.89. The number of aromatic amines is 1. The van der Waals surface area contributed by atoms with Gasteiger partial charge in [0.2, 0.25) is 10.0 Å². The van der Waals surface area contributed by atoms with Crippen LogP contribution in [0.15, 0.2) is 23.1 Å². The molecule has 10 heteroatoms. The van der Waals surface area contributed by atoms with Crippen molar-refractivity contribution in [2.45, 2.75) is 25.7 Å². The van der Waals surface area contributed by atoms with Crippen LogP contribution in [0.4, 0.5) is 0 Å². The maximum atomic E-state index is 12.9. The molecule has 7 nitrogen and oxygen atoms in total. The first kappa shape index (κ1) is 21.8. The fraction of sp³-hybridized carbons (Fsp3) is 0.368. The van der Waals surface area contributed by atoms with Crippen LogP contribution >= 0.6 is 23.2 Å². The minimum atomic E-state index is -3.82. The zero-order valence-electron chi connectivity index (χ0n) is 16.3. The van der Waals surface area contributed by atoms with Crippen molar-refractivity contribution in [3.8, 4) is 0 Å². The zero-order chi connectivity index (χ0) is 21.5. The highest BCUT2D eigenvalue weighted by atomic mass is 35.5. The number of benzene rings is 1. The lowest BCUT2D eigenvalue weighted by Gasteiger charge is -2.34. The molecule has 1 fully saturated rings. The molecule has 0 unspecified atom stereocenters. The van der Waals surface area contributed by atoms with E-state index in [1.807, 2.05) is 0 Å². The quantitative estimate of drug-likeness (QED) is 0.712. The summed E-state index contributed by atoms with van der Waals surface area (Å²) in [6, 6.07) is 4.47. The largest absolute Gasteiger partial charge is 0.354 e. The average molecular weight is 458 g/mol. The summed E-state index contributed by atoms with van der Waals surface area (Å²) in [6.07, 6.45) is 0. The van der Waals surface area contributed by atoms with E-state index in [4.69, 9.17) is 23.2 Å². The number of hydrogen-bond donors (Lipinski definition) is 1. The summed E-state index contributed by atoms with van der Waals surface area (Å²) >= 11 is 12.0. The lowest BCUT2D eigenvalue weighted by Crippen LogP contribution is -2.50. The monoisotopic (exact) mass is 457 g/mol. The van der Waals surface area contributed by atoms with Gasteiger partial charge in [-0.3, -0.25) is 9.59 Å². The van der Waals surface area contributed by atoms with Crippen molar-refractivity contribution in [1.29, 1.82) is 0 Å². The lowest BCUT2D eigenvalue weighted by atomic mass is 10.1. The van der Waals surface area contributed by atoms with E-state index in [9.17, 15) is 18.0 Å². The molecule has 0 radical (unpaired) electrons. The number of aromatic nitrogens is 1. The predicted molar refractivity (Wildman–Crippen MR) is 111 cm³/mol. The number of carbonyl (C=O) groups excluding carboxylic acids is 2. The molecule has 1 aliphatic heterocycles. The molecule has 3 rings (SSSR count). The number of sulfonamides is 1. The van der Waals surface area contributed by atoms with Gasteiger partial charge in [0.1, 0.15) is 10.6 Å². The normalized spacial score (nSPS) is 15.6. The van der Waals surface area contributed by atoms with E-state index in [-0.39, 0.29) is 52.8 Å². The van der Waals surface area contributed by atoms with E-state index >= 15 is 0 Å². The number of piperazine rings is 1. The van der Waals surface area contributed by atoms with E-state index in [0.717, 1.165) is 0 Å². The second-order valence-electron chi connectivity index (χ2n) is 6.93. The molecule has 2 heterocycles. The third-order valence-electron chi connectivity index (χ3n) is 5.06. The lowest BCUT2D eigenvalue weighted by molar-refractivity contribution is 0.0691. The summed E-state index contributed by atoms with van der Waals surface area (Å²) in [7, 11) is -3.82. The first-order chi connectivity index (χ1) is 13.6. The van der Waals surface area contributed by atoms with E-state index in [1.165, 1.54) is 29.4 Å². The van der Waals surface area contributed by atoms with Gasteiger partial charge in [-0.15, -0.1) is 0 Å². The van der Waals surface area contributed by atoms with Gasteiger partial charge in [0.25, 0.3) is 5.91 Å². The molecule has 1 amide bonds. The van der Waals surface area contributed by atoms with Crippen molar-refractivity contribution in [2.24, 2.45) is 0 Å². The summed E-state index contributed by atoms with van der Waals surface area (Å²) in [5.41, 5.74) is 2.14. The molecule has 0 aliphatic carbocycles. The van der Waals surface area contributed by atoms with Crippen molar-refractivity contribution in [3.05, 3.63) is 50.8 Å². The Kier molecular flexibility index (Phi) is 6.10. The second kappa shape index (κ2) is 8.10. The molecule has 0 atom stereocenters. The predicted octanol–water partition coefficient (Wildman–Crippen LogP) is 3.29. The Labute approximate surface area is 179 Å². The third-order valence-corrected chi connectivity index (χ3v) is 7.94. The van der Waals surface area contributed by atoms with Gasteiger partial charge < -0.3 is 9.88 Å². The Balaban J connectivity index is 1.77. The highest BCUT2D eigenvalue weighted by Crippen LogP contribution is 2.31. The van der Waals surface area contributed by atoms with E-state index in [2.05, 4.69) is 4.98 Å². The molecular weight excluding hydrogens is 437 g/mol. The number of ketones is 1. The van der Waals surface area contributed by atoms with Gasteiger partial charge in [-0.25, -0.2) is 8.42 Å². The minimum absolute atomic E-state index is 0.0121. The smallest absolute Gasteiger partial charge is 0.270 e. The molecule has 0 saturated carbocycles. The van der Waals surface area contributed by atoms with Crippen molar-refractivity contribution >= 4 is 44.9 Å². The molecule has 1 aromatic heterocycles. The van der Waals surface area contributed by atoms with Crippen LogP contribution < -0.4 is 0 Å². The van der Waals surface area contributed by atoms with E-state index < -0.39 is 10.0 Å². The molecule has 29 heavy (non-hydrogen) atoms. The van der Waals surface area contributed by atoms with Crippen LogP contribution in [0.25, 0.3) is 0 Å². The van der Waals surface area contributed by atoms with Gasteiger partial charge in [-0.05, 0) is 38.5 Å². The fourth-order valence-corrected chi connectivity index (χ4v) is 5.76. The van der Waals surface area contributed by atoms with Gasteiger partial charge in [-0.1, -0.05) is 29.3 Å². The SMILES string of the molecule is CC(=O)c1c(C)[nH]c(C(=O)N2CCN(S(=O)(=O)c3cccc(Cl)c3Cl)CC2)c1C. The number of nitrogens with zero attached hydrogens (tertiary/aromatic N) is 2. The first-order valence-electron chi connectivity index (χ1n) is 8.99. The Morgan fingerprint density at radius 2 is 1.69 bits per heavy atom. The number of hydrogen-bond acceptors (Lipinski definition) is 4. The molecule has 2 aromatic rings. The van der Waals surface area contributed by atoms with Crippen molar-refractivity contribution < 1.29 is 18.0 Å². The second-order valence-corrected chi connectivity index (χ2v) is 9.62. The van der Waals surface area contributed by atoms with Crippen molar-refractivity contribution in [1.82, 2.24) is 14.2 Å². The van der Waals surface area contributed by atoms with Gasteiger partial charge in [-0.2, -0.15) is 4.31 Å². The number of nitrogens with one attached hydrogen (secondary N) is 1. The van der Waals surface area contributed by atoms with Crippen molar-refractivity contribution in [2.75, 3.05) is 26.2 Å². The average Bonchev–Trinajstić information content (AvgIpc) is 2.97. The zero-order valence-corrected chi connectivity index (χ0v) is 18.6. The maximum Gasteiger partial charge on any atom is 0.270 e. The minimum Gasteiger partial charge on any atom is -0.354 e. The van der Waals surface area contributed by atoms with Crippen molar-refractivity contribution in [3.63, 3.8) is 0 Å². The third kappa shape index (κ3) is 3.94. The summed E-state index contributed by atoms with van der Waals surface area (Å²) < 4.78 is 27.1. The van der Waals surface area contributed by atoms with E-state index in [0.29, 0.717) is 22.5 Å². The number of rotatable bonds is 4. The van der Waals surface area contributed by atoms with Crippen LogP contribution in [0.2, 0.25) is 10.0 Å². The van der Waals surface area contributed by atoms with Gasteiger partial charge in [0.05, 0.1) is 10.0 Å².